The van der Waals surface area contributed by atoms with E-state index >= 15 is 0 Å². The van der Waals surface area contributed by atoms with Gasteiger partial charge in [0, 0.05) is 64.8 Å². The summed E-state index contributed by atoms with van der Waals surface area (Å²) in [5.41, 5.74) is 2.85. The Morgan fingerprint density at radius 1 is 1.07 bits per heavy atom. The standard InChI is InChI=1S/C31H35Cl2N3O4S/c1-20(13-15-35-31(38,39)14-16-41-35)36-29(21-9-11-24(32)12-10-21)27(22-5-3-6-25(33)17-22)19-23(30(36)37)18-26-7-4-8-28(34-26)40-2/h3-12,17,20,23,27,29,38-39H,13-16,18-19H2,1-2H3/t20-,23+,27+,29+/m0/s1. The van der Waals surface area contributed by atoms with Crippen LogP contribution < -0.4 is 4.74 Å². The van der Waals surface area contributed by atoms with Gasteiger partial charge < -0.3 is 19.8 Å². The van der Waals surface area contributed by atoms with Gasteiger partial charge in [-0.3, -0.25) is 4.79 Å². The molecular formula is C31H35Cl2N3O4S. The average molecular weight is 617 g/mol. The molecule has 2 fully saturated rings. The Hall–Kier alpha value is -2.33. The number of carbonyl (C=O) groups is 1. The van der Waals surface area contributed by atoms with Crippen LogP contribution in [0.25, 0.3) is 0 Å². The smallest absolute Gasteiger partial charge is 0.235 e. The predicted octanol–water partition coefficient (Wildman–Crippen LogP) is 6.08. The van der Waals surface area contributed by atoms with Crippen molar-refractivity contribution in [3.63, 3.8) is 0 Å². The quantitative estimate of drug-likeness (QED) is 0.223. The van der Waals surface area contributed by atoms with Crippen LogP contribution >= 0.6 is 35.1 Å². The van der Waals surface area contributed by atoms with Gasteiger partial charge in [0.1, 0.15) is 0 Å². The Kier molecular flexibility index (Phi) is 9.48. The van der Waals surface area contributed by atoms with Crippen molar-refractivity contribution in [2.45, 2.75) is 56.5 Å². The lowest BCUT2D eigenvalue weighted by Crippen LogP contribution is -2.52. The summed E-state index contributed by atoms with van der Waals surface area (Å²) in [5.74, 6) is -0.989. The zero-order chi connectivity index (χ0) is 29.1. The maximum Gasteiger partial charge on any atom is 0.235 e. The van der Waals surface area contributed by atoms with Gasteiger partial charge in [0.15, 0.2) is 0 Å². The first-order chi connectivity index (χ1) is 19.7. The van der Waals surface area contributed by atoms with Crippen molar-refractivity contribution in [1.29, 1.82) is 0 Å². The molecule has 0 spiro atoms. The lowest BCUT2D eigenvalue weighted by atomic mass is 9.74. The van der Waals surface area contributed by atoms with Crippen LogP contribution in [0.15, 0.2) is 66.7 Å². The van der Waals surface area contributed by atoms with E-state index in [0.717, 1.165) is 16.8 Å². The second-order valence-electron chi connectivity index (χ2n) is 10.8. The van der Waals surface area contributed by atoms with Crippen molar-refractivity contribution in [2.24, 2.45) is 5.92 Å². The normalized spacial score (nSPS) is 23.5. The minimum Gasteiger partial charge on any atom is -0.481 e. The highest BCUT2D eigenvalue weighted by molar-refractivity contribution is 7.97. The zero-order valence-corrected chi connectivity index (χ0v) is 25.4. The van der Waals surface area contributed by atoms with Crippen molar-refractivity contribution in [3.05, 3.63) is 93.6 Å². The largest absolute Gasteiger partial charge is 0.481 e. The minimum atomic E-state index is -1.84. The number of likely N-dealkylation sites (tertiary alicyclic amines) is 1. The molecule has 1 amide bonds. The number of amides is 1. The molecule has 0 radical (unpaired) electrons. The monoisotopic (exact) mass is 615 g/mol. The van der Waals surface area contributed by atoms with E-state index in [2.05, 4.69) is 11.1 Å². The highest BCUT2D eigenvalue weighted by atomic mass is 35.5. The molecule has 2 aliphatic rings. The molecule has 1 aromatic heterocycles. The molecule has 5 rings (SSSR count). The Balaban J connectivity index is 1.53. The average Bonchev–Trinajstić information content (AvgIpc) is 3.30. The van der Waals surface area contributed by atoms with Crippen LogP contribution in [0.4, 0.5) is 0 Å². The first kappa shape index (κ1) is 30.1. The van der Waals surface area contributed by atoms with Crippen LogP contribution in [-0.4, -0.2) is 61.7 Å². The summed E-state index contributed by atoms with van der Waals surface area (Å²) in [6, 6.07) is 20.7. The third-order valence-electron chi connectivity index (χ3n) is 8.07. The van der Waals surface area contributed by atoms with Gasteiger partial charge in [0.25, 0.3) is 0 Å². The highest BCUT2D eigenvalue weighted by Gasteiger charge is 2.45. The third kappa shape index (κ3) is 6.85. The molecule has 3 heterocycles. The van der Waals surface area contributed by atoms with Gasteiger partial charge in [-0.15, -0.1) is 0 Å². The molecule has 0 bridgehead atoms. The van der Waals surface area contributed by atoms with Crippen molar-refractivity contribution in [3.8, 4) is 5.88 Å². The number of piperidine rings is 1. The van der Waals surface area contributed by atoms with Crippen LogP contribution in [-0.2, 0) is 11.2 Å². The van der Waals surface area contributed by atoms with E-state index in [4.69, 9.17) is 27.9 Å². The number of hydrogen-bond donors (Lipinski definition) is 2. The van der Waals surface area contributed by atoms with E-state index in [-0.39, 0.29) is 36.2 Å². The Morgan fingerprint density at radius 2 is 1.83 bits per heavy atom. The lowest BCUT2D eigenvalue weighted by Gasteiger charge is -2.48. The fourth-order valence-electron chi connectivity index (χ4n) is 5.99. The number of methoxy groups -OCH3 is 1. The van der Waals surface area contributed by atoms with Crippen LogP contribution in [0.3, 0.4) is 0 Å². The van der Waals surface area contributed by atoms with Gasteiger partial charge in [-0.25, -0.2) is 4.98 Å². The molecule has 0 aliphatic carbocycles. The highest BCUT2D eigenvalue weighted by Crippen LogP contribution is 2.47. The summed E-state index contributed by atoms with van der Waals surface area (Å²) in [7, 11) is 1.58. The molecule has 2 saturated heterocycles. The van der Waals surface area contributed by atoms with Crippen LogP contribution in [0.1, 0.15) is 55.0 Å². The molecule has 2 N–H and O–H groups in total. The number of hydrogen-bond acceptors (Lipinski definition) is 7. The fourth-order valence-corrected chi connectivity index (χ4v) is 7.44. The number of nitrogens with zero attached hydrogens (tertiary/aromatic N) is 3. The number of pyridine rings is 1. The summed E-state index contributed by atoms with van der Waals surface area (Å²) in [5, 5.41) is 22.1. The van der Waals surface area contributed by atoms with Gasteiger partial charge in [0.2, 0.25) is 17.7 Å². The summed E-state index contributed by atoms with van der Waals surface area (Å²) < 4.78 is 6.95. The second kappa shape index (κ2) is 12.9. The van der Waals surface area contributed by atoms with Gasteiger partial charge in [-0.1, -0.05) is 65.5 Å². The van der Waals surface area contributed by atoms with Crippen LogP contribution in [0.2, 0.25) is 10.0 Å². The molecule has 3 aromatic rings. The molecule has 2 aromatic carbocycles. The van der Waals surface area contributed by atoms with E-state index < -0.39 is 5.91 Å². The summed E-state index contributed by atoms with van der Waals surface area (Å²) in [4.78, 5) is 21.0. The molecule has 41 heavy (non-hydrogen) atoms. The molecule has 0 saturated carbocycles. The molecule has 218 valence electrons. The fraction of sp³-hybridized carbons (Fsp3) is 0.419. The van der Waals surface area contributed by atoms with E-state index in [0.29, 0.717) is 47.5 Å². The van der Waals surface area contributed by atoms with E-state index in [1.807, 2.05) is 66.4 Å². The molecule has 7 nitrogen and oxygen atoms in total. The zero-order valence-electron chi connectivity index (χ0n) is 23.1. The minimum absolute atomic E-state index is 0.0402. The lowest BCUT2D eigenvalue weighted by molar-refractivity contribution is -0.223. The number of benzene rings is 2. The van der Waals surface area contributed by atoms with E-state index in [1.165, 1.54) is 11.9 Å². The Bertz CT molecular complexity index is 1360. The molecule has 0 unspecified atom stereocenters. The number of halogens is 2. The van der Waals surface area contributed by atoms with Crippen molar-refractivity contribution >= 4 is 41.1 Å². The van der Waals surface area contributed by atoms with Crippen molar-refractivity contribution in [2.75, 3.05) is 19.4 Å². The van der Waals surface area contributed by atoms with Gasteiger partial charge in [-0.2, -0.15) is 4.31 Å². The van der Waals surface area contributed by atoms with Crippen molar-refractivity contribution in [1.82, 2.24) is 14.2 Å². The Labute approximate surface area is 255 Å². The van der Waals surface area contributed by atoms with Gasteiger partial charge >= 0.3 is 0 Å². The maximum absolute atomic E-state index is 14.4. The first-order valence-electron chi connectivity index (χ1n) is 13.8. The molecule has 4 atom stereocenters. The molecule has 2 aliphatic heterocycles. The summed E-state index contributed by atoms with van der Waals surface area (Å²) >= 11 is 14.2. The van der Waals surface area contributed by atoms with E-state index in [1.54, 1.807) is 17.5 Å². The number of aliphatic hydroxyl groups is 2. The van der Waals surface area contributed by atoms with Crippen molar-refractivity contribution < 1.29 is 19.7 Å². The first-order valence-corrected chi connectivity index (χ1v) is 15.5. The number of carbonyl (C=O) groups excluding carboxylic acids is 1. The maximum atomic E-state index is 14.4. The van der Waals surface area contributed by atoms with E-state index in [9.17, 15) is 15.0 Å². The topological polar surface area (TPSA) is 86.1 Å². The predicted molar refractivity (Wildman–Crippen MR) is 163 cm³/mol. The molecular weight excluding hydrogens is 581 g/mol. The summed E-state index contributed by atoms with van der Waals surface area (Å²) in [6.07, 6.45) is 1.95. The number of ether oxygens (including phenoxy) is 1. The van der Waals surface area contributed by atoms with Crippen LogP contribution in [0.5, 0.6) is 5.88 Å². The van der Waals surface area contributed by atoms with Gasteiger partial charge in [0.05, 0.1) is 13.2 Å². The number of rotatable bonds is 9. The second-order valence-corrected chi connectivity index (χ2v) is 12.8. The summed E-state index contributed by atoms with van der Waals surface area (Å²) in [6.45, 7) is 2.47. The SMILES string of the molecule is COc1cccc(C[C@@H]2C[C@H](c3cccc(Cl)c3)[C@@H](c3ccc(Cl)cc3)N([C@@H](C)CCN3SCCC3(O)O)C2=O)n1. The van der Waals surface area contributed by atoms with Gasteiger partial charge in [-0.05, 0) is 61.2 Å². The molecule has 10 heteroatoms. The third-order valence-corrected chi connectivity index (χ3v) is 9.73. The number of aromatic nitrogens is 1. The Morgan fingerprint density at radius 3 is 2.51 bits per heavy atom. The van der Waals surface area contributed by atoms with Crippen LogP contribution in [0, 0.1) is 5.92 Å².